The molecule has 1 aromatic heterocycles. The van der Waals surface area contributed by atoms with Crippen LogP contribution in [0.5, 0.6) is 0 Å². The van der Waals surface area contributed by atoms with Gasteiger partial charge in [0.05, 0.1) is 37.3 Å². The Bertz CT molecular complexity index is 1600. The van der Waals surface area contributed by atoms with Gasteiger partial charge in [0.2, 0.25) is 0 Å². The van der Waals surface area contributed by atoms with Crippen molar-refractivity contribution in [3.05, 3.63) is 76.4 Å². The van der Waals surface area contributed by atoms with Gasteiger partial charge in [0.1, 0.15) is 12.2 Å². The van der Waals surface area contributed by atoms with Gasteiger partial charge in [0.15, 0.2) is 0 Å². The summed E-state index contributed by atoms with van der Waals surface area (Å²) in [4.78, 5) is 16.9. The number of hydrogen-bond donors (Lipinski definition) is 0. The highest BCUT2D eigenvalue weighted by atomic mass is 19.4. The Kier molecular flexibility index (Phi) is 6.87. The van der Waals surface area contributed by atoms with Gasteiger partial charge < -0.3 is 18.9 Å². The molecule has 0 N–H and O–H groups in total. The van der Waals surface area contributed by atoms with Crippen molar-refractivity contribution in [3.8, 4) is 0 Å². The molecule has 0 bridgehead atoms. The first kappa shape index (κ1) is 29.3. The second kappa shape index (κ2) is 10.3. The summed E-state index contributed by atoms with van der Waals surface area (Å²) in [6.45, 7) is 0.902. The van der Waals surface area contributed by atoms with Gasteiger partial charge >= 0.3 is 6.18 Å². The predicted molar refractivity (Wildman–Crippen MR) is 148 cm³/mol. The van der Waals surface area contributed by atoms with E-state index in [4.69, 9.17) is 9.47 Å². The molecule has 4 aliphatic heterocycles. The summed E-state index contributed by atoms with van der Waals surface area (Å²) in [5, 5.41) is 8.15. The number of aromatic nitrogens is 3. The van der Waals surface area contributed by atoms with Crippen molar-refractivity contribution in [1.29, 1.82) is 0 Å². The van der Waals surface area contributed by atoms with Crippen molar-refractivity contribution in [2.75, 3.05) is 44.4 Å². The molecule has 1 unspecified atom stereocenters. The number of carbonyl (C=O) groups is 1. The number of rotatable bonds is 6. The van der Waals surface area contributed by atoms with Crippen LogP contribution >= 0.6 is 0 Å². The summed E-state index contributed by atoms with van der Waals surface area (Å²) in [7, 11) is 1.85. The molecule has 7 rings (SSSR count). The van der Waals surface area contributed by atoms with Crippen LogP contribution < -0.4 is 4.90 Å². The second-order valence-electron chi connectivity index (χ2n) is 12.7. The first-order valence-electron chi connectivity index (χ1n) is 14.6. The largest absolute Gasteiger partial charge is 0.416 e. The molecule has 3 saturated heterocycles. The van der Waals surface area contributed by atoms with Crippen molar-refractivity contribution in [2.45, 2.75) is 49.9 Å². The molecule has 0 radical (unpaired) electrons. The zero-order chi connectivity index (χ0) is 30.9. The third-order valence-corrected chi connectivity index (χ3v) is 9.79. The number of aryl methyl sites for hydroxylation is 1. The van der Waals surface area contributed by atoms with Crippen molar-refractivity contribution < 1.29 is 36.2 Å². The average Bonchev–Trinajstić information content (AvgIpc) is 3.68. The SMILES string of the molecule is Cn1cnnc1CC1(c2cccc(N3Cc4c(cc(CN5CCC(F)(F)C6(CCOC6)C5)cc4C(F)(F)F)C3=O)c2)COC1. The Hall–Kier alpha value is -3.42. The number of ether oxygens (including phenoxy) is 2. The summed E-state index contributed by atoms with van der Waals surface area (Å²) in [5.41, 5.74) is -1.05. The topological polar surface area (TPSA) is 72.7 Å². The van der Waals surface area contributed by atoms with E-state index in [1.165, 1.54) is 11.0 Å². The number of nitrogens with zero attached hydrogens (tertiary/aromatic N) is 5. The Balaban J connectivity index is 1.17. The lowest BCUT2D eigenvalue weighted by atomic mass is 9.75. The monoisotopic (exact) mass is 617 g/mol. The van der Waals surface area contributed by atoms with Crippen LogP contribution in [0, 0.1) is 5.41 Å². The number of benzene rings is 2. The summed E-state index contributed by atoms with van der Waals surface area (Å²) in [5.74, 6) is -2.66. The Morgan fingerprint density at radius 2 is 1.86 bits per heavy atom. The van der Waals surface area contributed by atoms with Crippen LogP contribution in [-0.2, 0) is 47.6 Å². The third kappa shape index (κ3) is 4.80. The molecule has 0 aliphatic carbocycles. The van der Waals surface area contributed by atoms with Crippen LogP contribution in [0.4, 0.5) is 27.6 Å². The number of carbonyl (C=O) groups excluding carboxylic acids is 1. The minimum Gasteiger partial charge on any atom is -0.381 e. The van der Waals surface area contributed by atoms with Crippen LogP contribution in [0.15, 0.2) is 42.7 Å². The van der Waals surface area contributed by atoms with Crippen molar-refractivity contribution in [2.24, 2.45) is 12.5 Å². The van der Waals surface area contributed by atoms with Gasteiger partial charge in [-0.3, -0.25) is 9.69 Å². The summed E-state index contributed by atoms with van der Waals surface area (Å²) in [6.07, 6.45) is -2.71. The molecule has 3 aromatic rings. The highest BCUT2D eigenvalue weighted by molar-refractivity contribution is 6.10. The van der Waals surface area contributed by atoms with Gasteiger partial charge in [-0.25, -0.2) is 8.78 Å². The number of likely N-dealkylation sites (tertiary alicyclic amines) is 1. The van der Waals surface area contributed by atoms with Crippen molar-refractivity contribution in [3.63, 3.8) is 0 Å². The Morgan fingerprint density at radius 3 is 2.52 bits per heavy atom. The number of anilines is 1. The Labute approximate surface area is 250 Å². The van der Waals surface area contributed by atoms with Crippen molar-refractivity contribution in [1.82, 2.24) is 19.7 Å². The molecule has 234 valence electrons. The molecular formula is C31H32F5N5O3. The van der Waals surface area contributed by atoms with Gasteiger partial charge in [0.25, 0.3) is 11.8 Å². The normalized spacial score (nSPS) is 24.6. The lowest BCUT2D eigenvalue weighted by Crippen LogP contribution is -2.55. The molecule has 1 atom stereocenters. The number of hydrogen-bond acceptors (Lipinski definition) is 6. The van der Waals surface area contributed by atoms with E-state index in [9.17, 15) is 26.7 Å². The second-order valence-corrected chi connectivity index (χ2v) is 12.7. The quantitative estimate of drug-likeness (QED) is 0.372. The molecule has 8 nitrogen and oxygen atoms in total. The van der Waals surface area contributed by atoms with E-state index in [1.807, 2.05) is 23.7 Å². The fourth-order valence-electron chi connectivity index (χ4n) is 7.11. The van der Waals surface area contributed by atoms with Crippen LogP contribution in [0.25, 0.3) is 0 Å². The molecule has 1 spiro atoms. The smallest absolute Gasteiger partial charge is 0.381 e. The molecule has 4 aliphatic rings. The van der Waals surface area contributed by atoms with E-state index < -0.39 is 34.4 Å². The van der Waals surface area contributed by atoms with E-state index in [0.29, 0.717) is 25.3 Å². The maximum absolute atomic E-state index is 14.9. The molecule has 5 heterocycles. The first-order valence-corrected chi connectivity index (χ1v) is 14.6. The lowest BCUT2D eigenvalue weighted by Gasteiger charge is -2.45. The van der Waals surface area contributed by atoms with Gasteiger partial charge in [-0.1, -0.05) is 12.1 Å². The molecule has 2 aromatic carbocycles. The van der Waals surface area contributed by atoms with Gasteiger partial charge in [-0.05, 0) is 47.4 Å². The zero-order valence-corrected chi connectivity index (χ0v) is 24.2. The molecular weight excluding hydrogens is 585 g/mol. The average molecular weight is 618 g/mol. The van der Waals surface area contributed by atoms with Gasteiger partial charge in [-0.2, -0.15) is 13.2 Å². The number of piperidine rings is 1. The van der Waals surface area contributed by atoms with Crippen LogP contribution in [0.3, 0.4) is 0 Å². The number of alkyl halides is 5. The fraction of sp³-hybridized carbons (Fsp3) is 0.516. The standard InChI is InChI=1S/C31H32F5N5O3/c1-39-19-37-38-26(39)12-28(16-44-17-28)21-3-2-4-22(11-21)41-14-24-23(27(41)42)9-20(10-25(24)31(34,35)36)13-40-7-5-30(32,33)29(15-40)6-8-43-18-29/h2-4,9-11,19H,5-8,12-18H2,1H3. The highest BCUT2D eigenvalue weighted by Crippen LogP contribution is 2.49. The lowest BCUT2D eigenvalue weighted by molar-refractivity contribution is -0.167. The zero-order valence-electron chi connectivity index (χ0n) is 24.2. The number of halogens is 5. The molecule has 0 saturated carbocycles. The summed E-state index contributed by atoms with van der Waals surface area (Å²) < 4.78 is 85.6. The minimum atomic E-state index is -4.70. The summed E-state index contributed by atoms with van der Waals surface area (Å²) >= 11 is 0. The van der Waals surface area contributed by atoms with Crippen molar-refractivity contribution >= 4 is 11.6 Å². The van der Waals surface area contributed by atoms with Gasteiger partial charge in [-0.15, -0.1) is 10.2 Å². The number of amides is 1. The maximum atomic E-state index is 14.9. The molecule has 13 heteroatoms. The van der Waals surface area contributed by atoms with E-state index >= 15 is 0 Å². The minimum absolute atomic E-state index is 0.0118. The Morgan fingerprint density at radius 1 is 1.05 bits per heavy atom. The van der Waals surface area contributed by atoms with E-state index in [2.05, 4.69) is 10.2 Å². The third-order valence-electron chi connectivity index (χ3n) is 9.79. The molecule has 44 heavy (non-hydrogen) atoms. The van der Waals surface area contributed by atoms with E-state index in [1.54, 1.807) is 23.4 Å². The molecule has 1 amide bonds. The van der Waals surface area contributed by atoms with Gasteiger partial charge in [0, 0.05) is 62.8 Å². The summed E-state index contributed by atoms with van der Waals surface area (Å²) in [6, 6.07) is 9.85. The maximum Gasteiger partial charge on any atom is 0.416 e. The number of fused-ring (bicyclic) bond motifs is 1. The first-order chi connectivity index (χ1) is 20.9. The molecule has 3 fully saturated rings. The fourth-order valence-corrected chi connectivity index (χ4v) is 7.11. The van der Waals surface area contributed by atoms with Crippen LogP contribution in [0.1, 0.15) is 51.3 Å². The highest BCUT2D eigenvalue weighted by Gasteiger charge is 2.58. The van der Waals surface area contributed by atoms with E-state index in [-0.39, 0.29) is 68.9 Å². The van der Waals surface area contributed by atoms with Crippen LogP contribution in [-0.4, -0.2) is 71.0 Å². The van der Waals surface area contributed by atoms with Crippen LogP contribution in [0.2, 0.25) is 0 Å². The predicted octanol–water partition coefficient (Wildman–Crippen LogP) is 4.75. The van der Waals surface area contributed by atoms with E-state index in [0.717, 1.165) is 17.5 Å².